The first kappa shape index (κ1) is 19.2. The Kier molecular flexibility index (Phi) is 8.19. The number of nitrogens with two attached hydrogens (primary N) is 1. The van der Waals surface area contributed by atoms with E-state index in [4.69, 9.17) is 10.5 Å². The number of benzene rings is 1. The molecule has 0 aliphatic heterocycles. The van der Waals surface area contributed by atoms with Crippen molar-refractivity contribution >= 4 is 62.9 Å². The van der Waals surface area contributed by atoms with Crippen LogP contribution in [0.5, 0.6) is 5.75 Å². The highest BCUT2D eigenvalue weighted by molar-refractivity contribution is 14.0. The number of rotatable bonds is 5. The third-order valence-corrected chi connectivity index (χ3v) is 4.49. The lowest BCUT2D eigenvalue weighted by atomic mass is 10.3. The quantitative estimate of drug-likeness (QED) is 0.354. The molecule has 1 heterocycles. The molecule has 0 bridgehead atoms. The van der Waals surface area contributed by atoms with Crippen molar-refractivity contribution in [3.8, 4) is 5.75 Å². The summed E-state index contributed by atoms with van der Waals surface area (Å²) < 4.78 is 6.66. The standard InChI is InChI=1S/C15H18BrN3OS.HI/c1-10(2)20-12-5-3-11(4-6-12)19-15(17)18-9-14-13(16)7-8-21-14;/h3-8,10H,9H2,1-2H3,(H3,17,18,19);1H. The summed E-state index contributed by atoms with van der Waals surface area (Å²) in [6.07, 6.45) is 0.166. The number of guanidine groups is 1. The number of hydrogen-bond donors (Lipinski definition) is 2. The van der Waals surface area contributed by atoms with Gasteiger partial charge in [0.1, 0.15) is 5.75 Å². The molecule has 0 aliphatic rings. The van der Waals surface area contributed by atoms with Crippen LogP contribution in [-0.2, 0) is 6.54 Å². The number of anilines is 1. The minimum absolute atomic E-state index is 0. The number of ether oxygens (including phenoxy) is 1. The molecule has 0 spiro atoms. The Morgan fingerprint density at radius 2 is 2.00 bits per heavy atom. The second-order valence-electron chi connectivity index (χ2n) is 4.71. The van der Waals surface area contributed by atoms with E-state index in [-0.39, 0.29) is 30.1 Å². The molecule has 0 saturated heterocycles. The van der Waals surface area contributed by atoms with Crippen LogP contribution < -0.4 is 15.8 Å². The Morgan fingerprint density at radius 1 is 1.32 bits per heavy atom. The van der Waals surface area contributed by atoms with Gasteiger partial charge in [0, 0.05) is 15.0 Å². The lowest BCUT2D eigenvalue weighted by molar-refractivity contribution is 0.242. The first-order chi connectivity index (χ1) is 10.0. The van der Waals surface area contributed by atoms with Crippen LogP contribution in [0.3, 0.4) is 0 Å². The van der Waals surface area contributed by atoms with Crippen molar-refractivity contribution in [1.29, 1.82) is 0 Å². The zero-order chi connectivity index (χ0) is 15.2. The number of nitrogens with one attached hydrogen (secondary N) is 1. The Morgan fingerprint density at radius 3 is 2.55 bits per heavy atom. The van der Waals surface area contributed by atoms with Gasteiger partial charge in [-0.3, -0.25) is 0 Å². The third kappa shape index (κ3) is 6.13. The summed E-state index contributed by atoms with van der Waals surface area (Å²) in [5.74, 6) is 1.24. The normalized spacial score (nSPS) is 11.2. The summed E-state index contributed by atoms with van der Waals surface area (Å²) in [7, 11) is 0. The Hall–Kier alpha value is -0.800. The number of nitrogens with zero attached hydrogens (tertiary/aromatic N) is 1. The fourth-order valence-electron chi connectivity index (χ4n) is 1.67. The van der Waals surface area contributed by atoms with E-state index < -0.39 is 0 Å². The molecule has 1 aromatic heterocycles. The predicted molar refractivity (Wildman–Crippen MR) is 109 cm³/mol. The summed E-state index contributed by atoms with van der Waals surface area (Å²) >= 11 is 5.13. The first-order valence-corrected chi connectivity index (χ1v) is 8.27. The zero-order valence-electron chi connectivity index (χ0n) is 12.4. The second kappa shape index (κ2) is 9.36. The molecular formula is C15H19BrIN3OS. The summed E-state index contributed by atoms with van der Waals surface area (Å²) in [5.41, 5.74) is 6.77. The Labute approximate surface area is 160 Å². The molecule has 1 aromatic carbocycles. The Bertz CT molecular complexity index is 614. The molecule has 0 aliphatic carbocycles. The maximum atomic E-state index is 5.89. The number of hydrogen-bond acceptors (Lipinski definition) is 3. The molecule has 120 valence electrons. The molecular weight excluding hydrogens is 477 g/mol. The van der Waals surface area contributed by atoms with Crippen molar-refractivity contribution in [2.75, 3.05) is 5.32 Å². The molecule has 4 nitrogen and oxygen atoms in total. The summed E-state index contributed by atoms with van der Waals surface area (Å²) in [6, 6.07) is 9.66. The summed E-state index contributed by atoms with van der Waals surface area (Å²) in [6.45, 7) is 4.56. The molecule has 3 N–H and O–H groups in total. The molecule has 2 rings (SSSR count). The maximum Gasteiger partial charge on any atom is 0.193 e. The van der Waals surface area contributed by atoms with Crippen LogP contribution in [0.15, 0.2) is 45.2 Å². The topological polar surface area (TPSA) is 59.6 Å². The Balaban J connectivity index is 0.00000242. The van der Waals surface area contributed by atoms with Gasteiger partial charge in [0.25, 0.3) is 0 Å². The van der Waals surface area contributed by atoms with Gasteiger partial charge in [0.15, 0.2) is 5.96 Å². The largest absolute Gasteiger partial charge is 0.491 e. The third-order valence-electron chi connectivity index (χ3n) is 2.58. The molecule has 7 heteroatoms. The van der Waals surface area contributed by atoms with Gasteiger partial charge in [0.2, 0.25) is 0 Å². The van der Waals surface area contributed by atoms with Gasteiger partial charge in [0.05, 0.1) is 12.6 Å². The van der Waals surface area contributed by atoms with Crippen molar-refractivity contribution in [2.45, 2.75) is 26.5 Å². The van der Waals surface area contributed by atoms with Crippen molar-refractivity contribution in [3.63, 3.8) is 0 Å². The number of halogens is 2. The van der Waals surface area contributed by atoms with Crippen molar-refractivity contribution < 1.29 is 4.74 Å². The number of aliphatic imine (C=N–C) groups is 1. The van der Waals surface area contributed by atoms with Gasteiger partial charge in [-0.1, -0.05) is 0 Å². The van der Waals surface area contributed by atoms with Gasteiger partial charge < -0.3 is 15.8 Å². The van der Waals surface area contributed by atoms with Gasteiger partial charge in [-0.15, -0.1) is 35.3 Å². The monoisotopic (exact) mass is 495 g/mol. The van der Waals surface area contributed by atoms with Crippen LogP contribution in [0, 0.1) is 0 Å². The lowest BCUT2D eigenvalue weighted by Gasteiger charge is -2.10. The van der Waals surface area contributed by atoms with Crippen molar-refractivity contribution in [2.24, 2.45) is 10.7 Å². The van der Waals surface area contributed by atoms with E-state index in [0.717, 1.165) is 20.8 Å². The van der Waals surface area contributed by atoms with Gasteiger partial charge in [-0.2, -0.15) is 0 Å². The predicted octanol–water partition coefficient (Wildman–Crippen LogP) is 4.84. The highest BCUT2D eigenvalue weighted by Gasteiger charge is 2.02. The van der Waals surface area contributed by atoms with Crippen molar-refractivity contribution in [1.82, 2.24) is 0 Å². The molecule has 0 saturated carbocycles. The average Bonchev–Trinajstić information content (AvgIpc) is 2.84. The SMILES string of the molecule is CC(C)Oc1ccc(NC(N)=NCc2sccc2Br)cc1.I. The van der Waals surface area contributed by atoms with E-state index in [1.165, 1.54) is 0 Å². The van der Waals surface area contributed by atoms with E-state index >= 15 is 0 Å². The minimum Gasteiger partial charge on any atom is -0.491 e. The molecule has 0 atom stereocenters. The summed E-state index contributed by atoms with van der Waals surface area (Å²) in [4.78, 5) is 5.48. The van der Waals surface area contributed by atoms with Crippen molar-refractivity contribution in [3.05, 3.63) is 45.1 Å². The van der Waals surface area contributed by atoms with Crippen LogP contribution in [0.4, 0.5) is 5.69 Å². The van der Waals surface area contributed by atoms with E-state index in [2.05, 4.69) is 26.2 Å². The lowest BCUT2D eigenvalue weighted by Crippen LogP contribution is -2.22. The minimum atomic E-state index is 0. The van der Waals surface area contributed by atoms with E-state index in [1.807, 2.05) is 49.6 Å². The van der Waals surface area contributed by atoms with Crippen LogP contribution in [0.25, 0.3) is 0 Å². The van der Waals surface area contributed by atoms with Crippen LogP contribution in [0.1, 0.15) is 18.7 Å². The van der Waals surface area contributed by atoms with Crippen LogP contribution in [0.2, 0.25) is 0 Å². The average molecular weight is 496 g/mol. The van der Waals surface area contributed by atoms with Gasteiger partial charge in [-0.25, -0.2) is 4.99 Å². The second-order valence-corrected chi connectivity index (χ2v) is 6.56. The first-order valence-electron chi connectivity index (χ1n) is 6.60. The molecule has 22 heavy (non-hydrogen) atoms. The van der Waals surface area contributed by atoms with Crippen LogP contribution in [-0.4, -0.2) is 12.1 Å². The number of thiophene rings is 1. The molecule has 0 unspecified atom stereocenters. The maximum absolute atomic E-state index is 5.89. The van der Waals surface area contributed by atoms with Gasteiger partial charge in [-0.05, 0) is 65.5 Å². The van der Waals surface area contributed by atoms with Crippen LogP contribution >= 0.6 is 51.2 Å². The fraction of sp³-hybridized carbons (Fsp3) is 0.267. The highest BCUT2D eigenvalue weighted by atomic mass is 127. The molecule has 0 amide bonds. The zero-order valence-corrected chi connectivity index (χ0v) is 17.1. The molecule has 2 aromatic rings. The molecule has 0 radical (unpaired) electrons. The van der Waals surface area contributed by atoms with E-state index in [9.17, 15) is 0 Å². The fourth-order valence-corrected chi connectivity index (χ4v) is 3.07. The smallest absolute Gasteiger partial charge is 0.193 e. The molecule has 0 fully saturated rings. The summed E-state index contributed by atoms with van der Waals surface area (Å²) in [5, 5.41) is 5.09. The highest BCUT2D eigenvalue weighted by Crippen LogP contribution is 2.23. The van der Waals surface area contributed by atoms with Gasteiger partial charge >= 0.3 is 0 Å². The van der Waals surface area contributed by atoms with E-state index in [1.54, 1.807) is 11.3 Å². The van der Waals surface area contributed by atoms with E-state index in [0.29, 0.717) is 12.5 Å².